The molecule has 2 rings (SSSR count). The second-order valence-corrected chi connectivity index (χ2v) is 6.06. The minimum atomic E-state index is -3.52. The fourth-order valence-corrected chi connectivity index (χ4v) is 3.26. The van der Waals surface area contributed by atoms with Gasteiger partial charge in [0.2, 0.25) is 0 Å². The quantitative estimate of drug-likeness (QED) is 0.725. The van der Waals surface area contributed by atoms with Gasteiger partial charge < -0.3 is 5.11 Å². The van der Waals surface area contributed by atoms with Gasteiger partial charge in [-0.1, -0.05) is 0 Å². The van der Waals surface area contributed by atoms with Gasteiger partial charge >= 0.3 is 10.2 Å². The highest BCUT2D eigenvalue weighted by molar-refractivity contribution is 7.91. The molecule has 1 aromatic rings. The van der Waals surface area contributed by atoms with E-state index in [1.807, 2.05) is 0 Å². The van der Waals surface area contributed by atoms with Crippen molar-refractivity contribution < 1.29 is 13.5 Å². The number of aliphatic hydroxyl groups excluding tert-OH is 1. The maximum absolute atomic E-state index is 11.5. The minimum Gasteiger partial charge on any atom is -0.387 e. The van der Waals surface area contributed by atoms with Gasteiger partial charge in [0.25, 0.3) is 0 Å². The van der Waals surface area contributed by atoms with E-state index in [2.05, 4.69) is 14.4 Å². The van der Waals surface area contributed by atoms with E-state index in [4.69, 9.17) is 0 Å². The van der Waals surface area contributed by atoms with Crippen LogP contribution in [-0.2, 0) is 10.2 Å². The maximum Gasteiger partial charge on any atom is 0.301 e. The van der Waals surface area contributed by atoms with Crippen LogP contribution in [0.15, 0.2) is 5.38 Å². The van der Waals surface area contributed by atoms with Crippen molar-refractivity contribution in [2.24, 2.45) is 0 Å². The van der Waals surface area contributed by atoms with Gasteiger partial charge in [0, 0.05) is 11.4 Å². The normalized spacial score (nSPS) is 18.4. The Hall–Kier alpha value is -0.700. The lowest BCUT2D eigenvalue weighted by Crippen LogP contribution is -2.31. The molecule has 0 spiro atoms. The summed E-state index contributed by atoms with van der Waals surface area (Å²) >= 11 is 1.15. The molecule has 1 atom stereocenters. The predicted octanol–water partition coefficient (Wildman–Crippen LogP) is 0.605. The Bertz CT molecular complexity index is 465. The number of nitrogens with one attached hydrogen (secondary N) is 2. The molecule has 0 saturated heterocycles. The molecule has 0 amide bonds. The first kappa shape index (κ1) is 11.8. The zero-order valence-electron chi connectivity index (χ0n) is 8.67. The molecule has 0 aromatic carbocycles. The molecule has 0 bridgehead atoms. The maximum atomic E-state index is 11.5. The van der Waals surface area contributed by atoms with Crippen molar-refractivity contribution in [1.82, 2.24) is 9.71 Å². The zero-order chi connectivity index (χ0) is 11.8. The summed E-state index contributed by atoms with van der Waals surface area (Å²) < 4.78 is 27.8. The average Bonchev–Trinajstić information content (AvgIpc) is 2.80. The molecule has 1 aliphatic rings. The van der Waals surface area contributed by atoms with E-state index in [0.717, 1.165) is 24.2 Å². The first-order chi connectivity index (χ1) is 7.46. The number of thiazole rings is 1. The standard InChI is InChI=1S/C8H13N3O3S2/c1-5(12)7-4-15-8(9-7)11-16(13,14)10-6-2-3-6/h4-6,10,12H,2-3H2,1H3,(H,9,11). The Kier molecular flexibility index (Phi) is 3.15. The smallest absolute Gasteiger partial charge is 0.301 e. The van der Waals surface area contributed by atoms with E-state index in [0.29, 0.717) is 5.69 Å². The number of nitrogens with zero attached hydrogens (tertiary/aromatic N) is 1. The molecule has 1 heterocycles. The highest BCUT2D eigenvalue weighted by Gasteiger charge is 2.27. The van der Waals surface area contributed by atoms with Crippen molar-refractivity contribution in [1.29, 1.82) is 0 Å². The molecule has 8 heteroatoms. The second kappa shape index (κ2) is 4.28. The zero-order valence-corrected chi connectivity index (χ0v) is 10.3. The van der Waals surface area contributed by atoms with Crippen LogP contribution in [-0.4, -0.2) is 24.6 Å². The molecule has 0 aliphatic heterocycles. The predicted molar refractivity (Wildman–Crippen MR) is 61.4 cm³/mol. The first-order valence-corrected chi connectivity index (χ1v) is 7.26. The number of aromatic nitrogens is 1. The lowest BCUT2D eigenvalue weighted by atomic mass is 10.3. The van der Waals surface area contributed by atoms with Crippen LogP contribution in [0.3, 0.4) is 0 Å². The molecule has 1 saturated carbocycles. The van der Waals surface area contributed by atoms with Crippen molar-refractivity contribution in [2.45, 2.75) is 31.9 Å². The van der Waals surface area contributed by atoms with E-state index >= 15 is 0 Å². The Morgan fingerprint density at radius 3 is 2.81 bits per heavy atom. The number of hydrogen-bond acceptors (Lipinski definition) is 5. The van der Waals surface area contributed by atoms with Crippen molar-refractivity contribution in [3.8, 4) is 0 Å². The molecular formula is C8H13N3O3S2. The fraction of sp³-hybridized carbons (Fsp3) is 0.625. The summed E-state index contributed by atoms with van der Waals surface area (Å²) in [5.41, 5.74) is 0.467. The SMILES string of the molecule is CC(O)c1csc(NS(=O)(=O)NC2CC2)n1. The van der Waals surface area contributed by atoms with Gasteiger partial charge in [0.15, 0.2) is 5.13 Å². The van der Waals surface area contributed by atoms with Gasteiger partial charge in [-0.3, -0.25) is 0 Å². The van der Waals surface area contributed by atoms with Crippen LogP contribution in [0.4, 0.5) is 5.13 Å². The van der Waals surface area contributed by atoms with E-state index in [9.17, 15) is 13.5 Å². The summed E-state index contributed by atoms with van der Waals surface area (Å²) in [5.74, 6) is 0. The highest BCUT2D eigenvalue weighted by Crippen LogP contribution is 2.23. The van der Waals surface area contributed by atoms with Crippen molar-refractivity contribution in [2.75, 3.05) is 4.72 Å². The Balaban J connectivity index is 2.01. The molecule has 90 valence electrons. The van der Waals surface area contributed by atoms with Crippen molar-refractivity contribution in [3.05, 3.63) is 11.1 Å². The summed E-state index contributed by atoms with van der Waals surface area (Å²) in [5, 5.41) is 11.1. The highest BCUT2D eigenvalue weighted by atomic mass is 32.2. The van der Waals surface area contributed by atoms with Gasteiger partial charge in [-0.05, 0) is 19.8 Å². The molecular weight excluding hydrogens is 250 g/mol. The van der Waals surface area contributed by atoms with Crippen molar-refractivity contribution in [3.63, 3.8) is 0 Å². The van der Waals surface area contributed by atoms with Gasteiger partial charge in [0.05, 0.1) is 11.8 Å². The third-order valence-corrected chi connectivity index (χ3v) is 4.08. The summed E-state index contributed by atoms with van der Waals surface area (Å²) in [7, 11) is -3.52. The molecule has 0 radical (unpaired) electrons. The van der Waals surface area contributed by atoms with Gasteiger partial charge in [-0.25, -0.2) is 9.71 Å². The largest absolute Gasteiger partial charge is 0.387 e. The number of aliphatic hydroxyl groups is 1. The van der Waals surface area contributed by atoms with E-state index in [-0.39, 0.29) is 11.2 Å². The van der Waals surface area contributed by atoms with Crippen LogP contribution in [0.25, 0.3) is 0 Å². The molecule has 6 nitrogen and oxygen atoms in total. The lowest BCUT2D eigenvalue weighted by molar-refractivity contribution is 0.195. The van der Waals surface area contributed by atoms with Crippen LogP contribution in [0, 0.1) is 0 Å². The Morgan fingerprint density at radius 2 is 2.31 bits per heavy atom. The van der Waals surface area contributed by atoms with Gasteiger partial charge in [-0.15, -0.1) is 11.3 Å². The van der Waals surface area contributed by atoms with Crippen LogP contribution in [0.1, 0.15) is 31.6 Å². The molecule has 16 heavy (non-hydrogen) atoms. The van der Waals surface area contributed by atoms with Gasteiger partial charge in [-0.2, -0.15) is 13.1 Å². The first-order valence-electron chi connectivity index (χ1n) is 4.90. The van der Waals surface area contributed by atoms with Crippen LogP contribution >= 0.6 is 11.3 Å². The molecule has 1 unspecified atom stereocenters. The fourth-order valence-electron chi connectivity index (χ4n) is 1.09. The minimum absolute atomic E-state index is 0.0636. The third-order valence-electron chi connectivity index (χ3n) is 2.07. The summed E-state index contributed by atoms with van der Waals surface area (Å²) in [6, 6.07) is 0.0636. The van der Waals surface area contributed by atoms with Crippen LogP contribution in [0.5, 0.6) is 0 Å². The summed E-state index contributed by atoms with van der Waals surface area (Å²) in [6.45, 7) is 1.58. The number of hydrogen-bond donors (Lipinski definition) is 3. The van der Waals surface area contributed by atoms with Crippen molar-refractivity contribution >= 4 is 26.7 Å². The lowest BCUT2D eigenvalue weighted by Gasteiger charge is -2.05. The molecule has 1 fully saturated rings. The van der Waals surface area contributed by atoms with Gasteiger partial charge in [0.1, 0.15) is 0 Å². The monoisotopic (exact) mass is 263 g/mol. The third kappa shape index (κ3) is 3.14. The second-order valence-electron chi connectivity index (χ2n) is 3.75. The van der Waals surface area contributed by atoms with Crippen LogP contribution < -0.4 is 9.44 Å². The van der Waals surface area contributed by atoms with E-state index in [1.54, 1.807) is 12.3 Å². The van der Waals surface area contributed by atoms with E-state index < -0.39 is 16.3 Å². The summed E-state index contributed by atoms with van der Waals surface area (Å²) in [6.07, 6.45) is 1.08. The van der Waals surface area contributed by atoms with E-state index in [1.165, 1.54) is 0 Å². The summed E-state index contributed by atoms with van der Waals surface area (Å²) in [4.78, 5) is 3.96. The Labute approximate surface area is 97.9 Å². The van der Waals surface area contributed by atoms with Crippen LogP contribution in [0.2, 0.25) is 0 Å². The molecule has 1 aromatic heterocycles. The molecule has 1 aliphatic carbocycles. The number of anilines is 1. The topological polar surface area (TPSA) is 91.3 Å². The average molecular weight is 263 g/mol. The number of rotatable bonds is 5. The Morgan fingerprint density at radius 1 is 1.62 bits per heavy atom. The molecule has 3 N–H and O–H groups in total.